The Morgan fingerprint density at radius 1 is 1.43 bits per heavy atom. The SMILES string of the molecule is CC1CC(N)CN(S(=O)(=O)c2ccc(Cl)c([N+](=O)[O-])c2)C1. The maximum absolute atomic E-state index is 12.6. The van der Waals surface area contributed by atoms with Gasteiger partial charge in [-0.15, -0.1) is 0 Å². The molecule has 21 heavy (non-hydrogen) atoms. The first-order chi connectivity index (χ1) is 9.71. The second kappa shape index (κ2) is 5.88. The Bertz CT molecular complexity index is 654. The van der Waals surface area contributed by atoms with Crippen LogP contribution in [0.2, 0.25) is 5.02 Å². The molecule has 2 N–H and O–H groups in total. The monoisotopic (exact) mass is 333 g/mol. The average Bonchev–Trinajstić information content (AvgIpc) is 2.37. The molecule has 0 radical (unpaired) electrons. The van der Waals surface area contributed by atoms with E-state index in [2.05, 4.69) is 0 Å². The van der Waals surface area contributed by atoms with Gasteiger partial charge in [0.2, 0.25) is 10.0 Å². The third-order valence-corrected chi connectivity index (χ3v) is 5.56. The van der Waals surface area contributed by atoms with E-state index in [0.717, 1.165) is 12.5 Å². The van der Waals surface area contributed by atoms with Gasteiger partial charge in [-0.1, -0.05) is 18.5 Å². The van der Waals surface area contributed by atoms with Gasteiger partial charge < -0.3 is 5.73 Å². The molecular weight excluding hydrogens is 318 g/mol. The van der Waals surface area contributed by atoms with Crippen molar-refractivity contribution in [1.29, 1.82) is 0 Å². The van der Waals surface area contributed by atoms with Crippen LogP contribution in [0.15, 0.2) is 23.1 Å². The molecule has 0 spiro atoms. The van der Waals surface area contributed by atoms with E-state index in [4.69, 9.17) is 17.3 Å². The summed E-state index contributed by atoms with van der Waals surface area (Å²) in [4.78, 5) is 10.0. The molecular formula is C12H16ClN3O4S. The third kappa shape index (κ3) is 3.34. The summed E-state index contributed by atoms with van der Waals surface area (Å²) in [5.41, 5.74) is 5.43. The van der Waals surface area contributed by atoms with Crippen LogP contribution in [0.5, 0.6) is 0 Å². The number of nitrogens with zero attached hydrogens (tertiary/aromatic N) is 2. The van der Waals surface area contributed by atoms with E-state index in [1.165, 1.54) is 16.4 Å². The Balaban J connectivity index is 2.40. The molecule has 0 aromatic heterocycles. The first-order valence-corrected chi connectivity index (χ1v) is 8.23. The molecule has 9 heteroatoms. The molecule has 116 valence electrons. The Hall–Kier alpha value is -1.22. The summed E-state index contributed by atoms with van der Waals surface area (Å²) >= 11 is 5.70. The Labute approximate surface area is 127 Å². The molecule has 1 heterocycles. The van der Waals surface area contributed by atoms with Crippen LogP contribution in [0, 0.1) is 16.0 Å². The van der Waals surface area contributed by atoms with Crippen LogP contribution in [-0.2, 0) is 10.0 Å². The van der Waals surface area contributed by atoms with E-state index in [9.17, 15) is 18.5 Å². The second-order valence-electron chi connectivity index (χ2n) is 5.29. The fourth-order valence-electron chi connectivity index (χ4n) is 2.49. The van der Waals surface area contributed by atoms with Crippen LogP contribution in [0.25, 0.3) is 0 Å². The number of nitrogens with two attached hydrogens (primary N) is 1. The molecule has 1 aromatic carbocycles. The topological polar surface area (TPSA) is 107 Å². The largest absolute Gasteiger partial charge is 0.326 e. The number of nitro groups is 1. The van der Waals surface area contributed by atoms with Crippen molar-refractivity contribution in [1.82, 2.24) is 4.31 Å². The van der Waals surface area contributed by atoms with Crippen LogP contribution in [0.4, 0.5) is 5.69 Å². The smallest absolute Gasteiger partial charge is 0.289 e. The highest BCUT2D eigenvalue weighted by atomic mass is 35.5. The summed E-state index contributed by atoms with van der Waals surface area (Å²) in [7, 11) is -3.81. The van der Waals surface area contributed by atoms with Crippen LogP contribution >= 0.6 is 11.6 Å². The van der Waals surface area contributed by atoms with Crippen LogP contribution in [0.1, 0.15) is 13.3 Å². The summed E-state index contributed by atoms with van der Waals surface area (Å²) < 4.78 is 26.4. The third-order valence-electron chi connectivity index (χ3n) is 3.41. The quantitative estimate of drug-likeness (QED) is 0.668. The predicted molar refractivity (Wildman–Crippen MR) is 78.6 cm³/mol. The van der Waals surface area contributed by atoms with Gasteiger partial charge in [0.15, 0.2) is 0 Å². The normalized spacial score (nSPS) is 24.0. The molecule has 2 rings (SSSR count). The molecule has 1 aromatic rings. The summed E-state index contributed by atoms with van der Waals surface area (Å²) in [6.07, 6.45) is 0.757. The first-order valence-electron chi connectivity index (χ1n) is 6.41. The number of nitro benzene ring substituents is 1. The van der Waals surface area contributed by atoms with E-state index in [-0.39, 0.29) is 28.4 Å². The molecule has 0 amide bonds. The summed E-state index contributed by atoms with van der Waals surface area (Å²) in [5, 5.41) is 10.8. The second-order valence-corrected chi connectivity index (χ2v) is 7.64. The van der Waals surface area contributed by atoms with Crippen LogP contribution < -0.4 is 5.73 Å². The molecule has 1 aliphatic rings. The predicted octanol–water partition coefficient (Wildman–Crippen LogP) is 1.61. The highest BCUT2D eigenvalue weighted by Crippen LogP contribution is 2.30. The van der Waals surface area contributed by atoms with Crippen molar-refractivity contribution in [2.75, 3.05) is 13.1 Å². The lowest BCUT2D eigenvalue weighted by molar-refractivity contribution is -0.384. The zero-order chi connectivity index (χ0) is 15.8. The first kappa shape index (κ1) is 16.2. The van der Waals surface area contributed by atoms with Crippen molar-refractivity contribution < 1.29 is 13.3 Å². The fraction of sp³-hybridized carbons (Fsp3) is 0.500. The molecule has 2 unspecified atom stereocenters. The van der Waals surface area contributed by atoms with Crippen molar-refractivity contribution in [3.8, 4) is 0 Å². The lowest BCUT2D eigenvalue weighted by atomic mass is 9.99. The average molecular weight is 334 g/mol. The van der Waals surface area contributed by atoms with E-state index in [1.807, 2.05) is 6.92 Å². The molecule has 0 aliphatic carbocycles. The molecule has 2 atom stereocenters. The van der Waals surface area contributed by atoms with Gasteiger partial charge in [-0.3, -0.25) is 10.1 Å². The number of benzene rings is 1. The van der Waals surface area contributed by atoms with Crippen LogP contribution in [-0.4, -0.2) is 36.8 Å². The summed E-state index contributed by atoms with van der Waals surface area (Å²) in [6, 6.07) is 3.25. The minimum Gasteiger partial charge on any atom is -0.326 e. The number of hydrogen-bond acceptors (Lipinski definition) is 5. The van der Waals surface area contributed by atoms with Crippen molar-refractivity contribution in [3.05, 3.63) is 33.3 Å². The van der Waals surface area contributed by atoms with Gasteiger partial charge in [0.25, 0.3) is 5.69 Å². The fourth-order valence-corrected chi connectivity index (χ4v) is 4.31. The van der Waals surface area contributed by atoms with Crippen molar-refractivity contribution in [2.45, 2.75) is 24.3 Å². The number of piperidine rings is 1. The standard InChI is InChI=1S/C12H16ClN3O4S/c1-8-4-9(14)7-15(6-8)21(19,20)10-2-3-11(13)12(5-10)16(17)18/h2-3,5,8-9H,4,6-7,14H2,1H3. The molecule has 0 saturated carbocycles. The lowest BCUT2D eigenvalue weighted by Crippen LogP contribution is -2.48. The number of rotatable bonds is 3. The molecule has 1 saturated heterocycles. The summed E-state index contributed by atoms with van der Waals surface area (Å²) in [5.74, 6) is 0.144. The van der Waals surface area contributed by atoms with Crippen molar-refractivity contribution >= 4 is 27.3 Å². The zero-order valence-corrected chi connectivity index (χ0v) is 13.0. The molecule has 7 nitrogen and oxygen atoms in total. The molecule has 1 aliphatic heterocycles. The van der Waals surface area contributed by atoms with E-state index < -0.39 is 20.6 Å². The minimum absolute atomic E-state index is 0.0948. The minimum atomic E-state index is -3.81. The molecule has 0 bridgehead atoms. The molecule has 1 fully saturated rings. The van der Waals surface area contributed by atoms with Gasteiger partial charge in [0.05, 0.1) is 9.82 Å². The van der Waals surface area contributed by atoms with E-state index in [0.29, 0.717) is 6.54 Å². The number of halogens is 1. The van der Waals surface area contributed by atoms with E-state index in [1.54, 1.807) is 0 Å². The van der Waals surface area contributed by atoms with Gasteiger partial charge >= 0.3 is 0 Å². The van der Waals surface area contributed by atoms with Crippen molar-refractivity contribution in [2.24, 2.45) is 11.7 Å². The summed E-state index contributed by atoms with van der Waals surface area (Å²) in [6.45, 7) is 2.49. The van der Waals surface area contributed by atoms with Gasteiger partial charge in [-0.2, -0.15) is 4.31 Å². The maximum atomic E-state index is 12.6. The highest BCUT2D eigenvalue weighted by molar-refractivity contribution is 7.89. The van der Waals surface area contributed by atoms with Gasteiger partial charge in [-0.05, 0) is 24.5 Å². The Morgan fingerprint density at radius 2 is 2.10 bits per heavy atom. The Morgan fingerprint density at radius 3 is 2.67 bits per heavy atom. The van der Waals surface area contributed by atoms with E-state index >= 15 is 0 Å². The number of sulfonamides is 1. The highest BCUT2D eigenvalue weighted by Gasteiger charge is 2.33. The number of hydrogen-bond donors (Lipinski definition) is 1. The Kier molecular flexibility index (Phi) is 4.52. The lowest BCUT2D eigenvalue weighted by Gasteiger charge is -2.33. The van der Waals surface area contributed by atoms with Gasteiger partial charge in [-0.25, -0.2) is 8.42 Å². The zero-order valence-electron chi connectivity index (χ0n) is 11.4. The van der Waals surface area contributed by atoms with Crippen molar-refractivity contribution in [3.63, 3.8) is 0 Å². The van der Waals surface area contributed by atoms with Gasteiger partial charge in [0, 0.05) is 25.2 Å². The van der Waals surface area contributed by atoms with Gasteiger partial charge in [0.1, 0.15) is 5.02 Å². The maximum Gasteiger partial charge on any atom is 0.289 e. The van der Waals surface area contributed by atoms with Crippen LogP contribution in [0.3, 0.4) is 0 Å².